The Bertz CT molecular complexity index is 540. The minimum atomic E-state index is -4.58. The molecule has 3 atom stereocenters. The van der Waals surface area contributed by atoms with Gasteiger partial charge in [0.15, 0.2) is 0 Å². The minimum Gasteiger partial charge on any atom is -0.285 e. The lowest BCUT2D eigenvalue weighted by Gasteiger charge is -2.21. The third-order valence-corrected chi connectivity index (χ3v) is 3.59. The highest BCUT2D eigenvalue weighted by Crippen LogP contribution is 2.18. The van der Waals surface area contributed by atoms with Crippen LogP contribution in [-0.4, -0.2) is 55.1 Å². The van der Waals surface area contributed by atoms with E-state index in [1.807, 2.05) is 0 Å². The first-order valence-electron chi connectivity index (χ1n) is 5.02. The molecule has 0 fully saturated rings. The predicted octanol–water partition coefficient (Wildman–Crippen LogP) is -0.603. The second-order valence-electron chi connectivity index (χ2n) is 3.49. The fourth-order valence-corrected chi connectivity index (χ4v) is 2.50. The summed E-state index contributed by atoms with van der Waals surface area (Å²) in [5.74, 6) is 0. The van der Waals surface area contributed by atoms with Crippen molar-refractivity contribution in [3.63, 3.8) is 0 Å². The summed E-state index contributed by atoms with van der Waals surface area (Å²) in [6.45, 7) is 1.08. The maximum absolute atomic E-state index is 11.2. The van der Waals surface area contributed by atoms with Crippen molar-refractivity contribution in [2.75, 3.05) is 6.54 Å². The molecule has 0 aromatic rings. The van der Waals surface area contributed by atoms with Crippen LogP contribution < -0.4 is 0 Å². The Morgan fingerprint density at radius 3 is 2.11 bits per heavy atom. The molecular weight excluding hydrogens is 278 g/mol. The normalized spacial score (nSPS) is 15.1. The second kappa shape index (κ2) is 8.20. The maximum atomic E-state index is 11.2. The summed E-state index contributed by atoms with van der Waals surface area (Å²) in [7, 11) is -4.58. The van der Waals surface area contributed by atoms with Gasteiger partial charge >= 0.3 is 0 Å². The van der Waals surface area contributed by atoms with E-state index < -0.39 is 27.5 Å². The Morgan fingerprint density at radius 1 is 1.11 bits per heavy atom. The summed E-state index contributed by atoms with van der Waals surface area (Å²) in [6.07, 6.45) is 3.27. The summed E-state index contributed by atoms with van der Waals surface area (Å²) in [6, 6.07) is -2.33. The molecule has 0 saturated carbocycles. The fourth-order valence-electron chi connectivity index (χ4n) is 1.46. The molecule has 0 aliphatic rings. The van der Waals surface area contributed by atoms with E-state index >= 15 is 0 Å². The molecular formula is C9H11N3O6S. The van der Waals surface area contributed by atoms with Crippen molar-refractivity contribution in [1.82, 2.24) is 0 Å². The van der Waals surface area contributed by atoms with Gasteiger partial charge in [-0.3, -0.25) is 4.55 Å². The van der Waals surface area contributed by atoms with Crippen LogP contribution in [0, 0.1) is 0 Å². The molecule has 0 aromatic heterocycles. The molecule has 0 radical (unpaired) electrons. The van der Waals surface area contributed by atoms with Gasteiger partial charge in [0.2, 0.25) is 18.2 Å². The first kappa shape index (κ1) is 17.1. The molecule has 0 rings (SSSR count). The topological polar surface area (TPSA) is 143 Å². The molecule has 0 spiro atoms. The molecule has 0 bridgehead atoms. The molecule has 0 aliphatic heterocycles. The highest BCUT2D eigenvalue weighted by molar-refractivity contribution is 7.86. The Balaban J connectivity index is 5.42. The van der Waals surface area contributed by atoms with Crippen LogP contribution in [0.5, 0.6) is 0 Å². The molecule has 9 nitrogen and oxygen atoms in total. The molecule has 0 heterocycles. The number of carbonyl (C=O) groups excluding carboxylic acids is 3. The Morgan fingerprint density at radius 2 is 1.68 bits per heavy atom. The number of nitrogens with zero attached hydrogens (tertiary/aromatic N) is 3. The van der Waals surface area contributed by atoms with Gasteiger partial charge in [-0.15, -0.1) is 0 Å². The number of rotatable bonds is 8. The summed E-state index contributed by atoms with van der Waals surface area (Å²) in [4.78, 5) is 40.0. The van der Waals surface area contributed by atoms with Crippen molar-refractivity contribution < 1.29 is 27.4 Å². The molecule has 0 amide bonds. The van der Waals surface area contributed by atoms with Gasteiger partial charge in [-0.1, -0.05) is 0 Å². The van der Waals surface area contributed by atoms with Gasteiger partial charge < -0.3 is 0 Å². The zero-order valence-corrected chi connectivity index (χ0v) is 10.7. The van der Waals surface area contributed by atoms with Crippen LogP contribution in [0.1, 0.15) is 13.3 Å². The first-order chi connectivity index (χ1) is 8.88. The fraction of sp³-hybridized carbons (Fsp3) is 0.667. The third kappa shape index (κ3) is 5.96. The van der Waals surface area contributed by atoms with Gasteiger partial charge in [0.25, 0.3) is 10.1 Å². The smallest absolute Gasteiger partial charge is 0.270 e. The lowest BCUT2D eigenvalue weighted by molar-refractivity contribution is 0.425. The van der Waals surface area contributed by atoms with E-state index in [1.54, 1.807) is 0 Å². The van der Waals surface area contributed by atoms with E-state index in [0.29, 0.717) is 0 Å². The van der Waals surface area contributed by atoms with Gasteiger partial charge in [0.05, 0.1) is 12.6 Å². The van der Waals surface area contributed by atoms with Crippen molar-refractivity contribution >= 4 is 28.4 Å². The highest BCUT2D eigenvalue weighted by Gasteiger charge is 2.35. The van der Waals surface area contributed by atoms with Gasteiger partial charge in [-0.25, -0.2) is 24.4 Å². The average Bonchev–Trinajstić information content (AvgIpc) is 2.31. The van der Waals surface area contributed by atoms with Crippen molar-refractivity contribution in [1.29, 1.82) is 0 Å². The number of hydrogen-bond acceptors (Lipinski definition) is 8. The van der Waals surface area contributed by atoms with Crippen LogP contribution in [0.25, 0.3) is 0 Å². The van der Waals surface area contributed by atoms with Crippen molar-refractivity contribution in [3.05, 3.63) is 0 Å². The summed E-state index contributed by atoms with van der Waals surface area (Å²) >= 11 is 0. The van der Waals surface area contributed by atoms with Crippen LogP contribution in [0.2, 0.25) is 0 Å². The largest absolute Gasteiger partial charge is 0.285 e. The van der Waals surface area contributed by atoms with Crippen molar-refractivity contribution in [3.8, 4) is 0 Å². The molecule has 0 saturated heterocycles. The first-order valence-corrected chi connectivity index (χ1v) is 6.52. The maximum Gasteiger partial charge on any atom is 0.270 e. The number of isocyanates is 3. The molecule has 0 aromatic carbocycles. The van der Waals surface area contributed by atoms with E-state index in [4.69, 9.17) is 4.55 Å². The second-order valence-corrected chi connectivity index (χ2v) is 5.12. The van der Waals surface area contributed by atoms with Gasteiger partial charge in [0.1, 0.15) is 11.3 Å². The van der Waals surface area contributed by atoms with E-state index in [0.717, 1.165) is 6.08 Å². The van der Waals surface area contributed by atoms with Crippen LogP contribution >= 0.6 is 0 Å². The number of aliphatic imine (C=N–C) groups is 3. The van der Waals surface area contributed by atoms with Crippen LogP contribution in [0.4, 0.5) is 0 Å². The zero-order valence-electron chi connectivity index (χ0n) is 9.88. The third-order valence-electron chi connectivity index (χ3n) is 2.31. The molecule has 19 heavy (non-hydrogen) atoms. The predicted molar refractivity (Wildman–Crippen MR) is 62.4 cm³/mol. The Hall–Kier alpha value is -1.95. The van der Waals surface area contributed by atoms with E-state index in [2.05, 4.69) is 15.0 Å². The van der Waals surface area contributed by atoms with E-state index in [1.165, 1.54) is 19.1 Å². The van der Waals surface area contributed by atoms with Gasteiger partial charge in [0, 0.05) is 0 Å². The Labute approximate surface area is 108 Å². The van der Waals surface area contributed by atoms with E-state index in [-0.39, 0.29) is 13.0 Å². The van der Waals surface area contributed by atoms with Gasteiger partial charge in [-0.05, 0) is 13.3 Å². The van der Waals surface area contributed by atoms with Crippen molar-refractivity contribution in [2.24, 2.45) is 15.0 Å². The zero-order chi connectivity index (χ0) is 14.9. The van der Waals surface area contributed by atoms with Crippen LogP contribution in [0.3, 0.4) is 0 Å². The molecule has 1 N–H and O–H groups in total. The van der Waals surface area contributed by atoms with Crippen molar-refractivity contribution in [2.45, 2.75) is 30.7 Å². The SMILES string of the molecule is CC(N=C=O)C(N=C=O)C(CCN=C=O)S(=O)(=O)O. The van der Waals surface area contributed by atoms with E-state index in [9.17, 15) is 22.8 Å². The summed E-state index contributed by atoms with van der Waals surface area (Å²) < 4.78 is 31.6. The lowest BCUT2D eigenvalue weighted by atomic mass is 10.1. The number of hydrogen-bond donors (Lipinski definition) is 1. The molecule has 10 heteroatoms. The standard InChI is InChI=1S/C9H11N3O6S/c1-7(11-5-14)9(12-6-15)8(19(16,17)18)2-3-10-4-13/h7-9H,2-3H2,1H3,(H,16,17,18). The lowest BCUT2D eigenvalue weighted by Crippen LogP contribution is -2.39. The van der Waals surface area contributed by atoms with Crippen LogP contribution in [0.15, 0.2) is 15.0 Å². The molecule has 3 unspecified atom stereocenters. The average molecular weight is 289 g/mol. The van der Waals surface area contributed by atoms with Gasteiger partial charge in [-0.2, -0.15) is 13.4 Å². The summed E-state index contributed by atoms with van der Waals surface area (Å²) in [5, 5.41) is -1.54. The molecule has 0 aliphatic carbocycles. The minimum absolute atomic E-state index is 0.240. The summed E-state index contributed by atoms with van der Waals surface area (Å²) in [5.41, 5.74) is 0. The van der Waals surface area contributed by atoms with Crippen LogP contribution in [-0.2, 0) is 24.5 Å². The highest BCUT2D eigenvalue weighted by atomic mass is 32.2. The quantitative estimate of drug-likeness (QED) is 0.359. The Kier molecular flexibility index (Phi) is 7.36. The monoisotopic (exact) mass is 289 g/mol. The molecule has 104 valence electrons.